The number of aromatic nitrogens is 3. The molecule has 1 N–H and O–H groups in total. The van der Waals surface area contributed by atoms with E-state index in [1.807, 2.05) is 6.92 Å². The SMILES string of the molecule is CCc1nn(C)cc1NC(=O)c1ccnc(Cl)c1[N+](=O)[O-]. The van der Waals surface area contributed by atoms with Crippen molar-refractivity contribution in [1.29, 1.82) is 0 Å². The standard InChI is InChI=1S/C12H12ClN5O3/c1-3-8-9(6-17(2)16-8)15-12(19)7-4-5-14-11(13)10(7)18(20)21/h4-6H,3H2,1-2H3,(H,15,19). The molecular weight excluding hydrogens is 298 g/mol. The fourth-order valence-electron chi connectivity index (χ4n) is 1.88. The molecule has 2 aromatic heterocycles. The molecule has 2 rings (SSSR count). The van der Waals surface area contributed by atoms with E-state index >= 15 is 0 Å². The van der Waals surface area contributed by atoms with Gasteiger partial charge in [-0.05, 0) is 12.5 Å². The Hall–Kier alpha value is -2.48. The van der Waals surface area contributed by atoms with E-state index in [1.165, 1.54) is 12.3 Å². The zero-order chi connectivity index (χ0) is 15.6. The molecule has 110 valence electrons. The van der Waals surface area contributed by atoms with Gasteiger partial charge in [0.2, 0.25) is 5.15 Å². The van der Waals surface area contributed by atoms with Gasteiger partial charge in [-0.25, -0.2) is 4.98 Å². The first-order valence-corrected chi connectivity index (χ1v) is 6.44. The summed E-state index contributed by atoms with van der Waals surface area (Å²) in [4.78, 5) is 26.1. The maximum atomic E-state index is 12.2. The Morgan fingerprint density at radius 1 is 1.57 bits per heavy atom. The van der Waals surface area contributed by atoms with Crippen LogP contribution in [-0.2, 0) is 13.5 Å². The molecule has 0 aromatic carbocycles. The number of pyridine rings is 1. The second-order valence-electron chi connectivity index (χ2n) is 4.23. The number of nitro groups is 1. The van der Waals surface area contributed by atoms with Crippen molar-refractivity contribution >= 4 is 28.9 Å². The van der Waals surface area contributed by atoms with Gasteiger partial charge in [0.15, 0.2) is 0 Å². The number of carbonyl (C=O) groups is 1. The van der Waals surface area contributed by atoms with Crippen molar-refractivity contribution in [3.05, 3.63) is 45.0 Å². The maximum Gasteiger partial charge on any atom is 0.319 e. The zero-order valence-corrected chi connectivity index (χ0v) is 12.1. The number of halogens is 1. The first-order chi connectivity index (χ1) is 9.93. The second kappa shape index (κ2) is 5.88. The lowest BCUT2D eigenvalue weighted by Crippen LogP contribution is -2.15. The van der Waals surface area contributed by atoms with E-state index in [1.54, 1.807) is 17.9 Å². The molecule has 0 aliphatic heterocycles. The van der Waals surface area contributed by atoms with Gasteiger partial charge in [-0.3, -0.25) is 19.6 Å². The van der Waals surface area contributed by atoms with Gasteiger partial charge in [-0.2, -0.15) is 5.10 Å². The number of hydrogen-bond donors (Lipinski definition) is 1. The van der Waals surface area contributed by atoms with E-state index in [0.717, 1.165) is 0 Å². The third kappa shape index (κ3) is 3.00. The van der Waals surface area contributed by atoms with Gasteiger partial charge in [0, 0.05) is 19.4 Å². The molecule has 0 spiro atoms. The van der Waals surface area contributed by atoms with Crippen molar-refractivity contribution in [2.75, 3.05) is 5.32 Å². The van der Waals surface area contributed by atoms with Gasteiger partial charge in [-0.1, -0.05) is 18.5 Å². The van der Waals surface area contributed by atoms with Crippen LogP contribution >= 0.6 is 11.6 Å². The van der Waals surface area contributed by atoms with Crippen LogP contribution in [0.5, 0.6) is 0 Å². The minimum absolute atomic E-state index is 0.147. The molecule has 0 unspecified atom stereocenters. The fourth-order valence-corrected chi connectivity index (χ4v) is 2.10. The van der Waals surface area contributed by atoms with Crippen molar-refractivity contribution in [2.45, 2.75) is 13.3 Å². The van der Waals surface area contributed by atoms with Gasteiger partial charge in [-0.15, -0.1) is 0 Å². The fraction of sp³-hybridized carbons (Fsp3) is 0.250. The van der Waals surface area contributed by atoms with Crippen LogP contribution in [0.1, 0.15) is 23.0 Å². The number of nitrogens with zero attached hydrogens (tertiary/aromatic N) is 4. The molecule has 0 saturated carbocycles. The molecule has 8 nitrogen and oxygen atoms in total. The van der Waals surface area contributed by atoms with Crippen LogP contribution in [0.15, 0.2) is 18.5 Å². The minimum atomic E-state index is -0.728. The van der Waals surface area contributed by atoms with E-state index in [0.29, 0.717) is 17.8 Å². The highest BCUT2D eigenvalue weighted by Gasteiger charge is 2.25. The predicted octanol–water partition coefficient (Wildman–Crippen LogP) is 2.19. The van der Waals surface area contributed by atoms with Crippen LogP contribution < -0.4 is 5.32 Å². The Balaban J connectivity index is 2.37. The lowest BCUT2D eigenvalue weighted by Gasteiger charge is -2.05. The van der Waals surface area contributed by atoms with Gasteiger partial charge in [0.1, 0.15) is 5.56 Å². The van der Waals surface area contributed by atoms with E-state index in [2.05, 4.69) is 15.4 Å². The van der Waals surface area contributed by atoms with Gasteiger partial charge in [0.25, 0.3) is 5.91 Å². The summed E-state index contributed by atoms with van der Waals surface area (Å²) in [5.74, 6) is -0.631. The van der Waals surface area contributed by atoms with Gasteiger partial charge >= 0.3 is 5.69 Å². The number of amides is 1. The molecule has 9 heteroatoms. The number of aryl methyl sites for hydroxylation is 2. The number of rotatable bonds is 4. The summed E-state index contributed by atoms with van der Waals surface area (Å²) in [6.07, 6.45) is 3.50. The summed E-state index contributed by atoms with van der Waals surface area (Å²) in [5.41, 5.74) is 0.533. The second-order valence-corrected chi connectivity index (χ2v) is 4.58. The molecule has 0 radical (unpaired) electrons. The third-order valence-corrected chi connectivity index (χ3v) is 3.07. The lowest BCUT2D eigenvalue weighted by molar-refractivity contribution is -0.385. The largest absolute Gasteiger partial charge is 0.319 e. The molecular formula is C12H12ClN5O3. The number of hydrogen-bond acceptors (Lipinski definition) is 5. The van der Waals surface area contributed by atoms with E-state index < -0.39 is 16.5 Å². The normalized spacial score (nSPS) is 10.4. The molecule has 0 fully saturated rings. The van der Waals surface area contributed by atoms with Crippen LogP contribution in [0.4, 0.5) is 11.4 Å². The van der Waals surface area contributed by atoms with Crippen molar-refractivity contribution in [1.82, 2.24) is 14.8 Å². The van der Waals surface area contributed by atoms with Crippen LogP contribution in [0.3, 0.4) is 0 Å². The van der Waals surface area contributed by atoms with E-state index in [9.17, 15) is 14.9 Å². The molecule has 0 saturated heterocycles. The average Bonchev–Trinajstić information content (AvgIpc) is 2.77. The van der Waals surface area contributed by atoms with Crippen LogP contribution in [-0.4, -0.2) is 25.6 Å². The summed E-state index contributed by atoms with van der Waals surface area (Å²) >= 11 is 5.68. The average molecular weight is 310 g/mol. The topological polar surface area (TPSA) is 103 Å². The highest BCUT2D eigenvalue weighted by atomic mass is 35.5. The maximum absolute atomic E-state index is 12.2. The smallest absolute Gasteiger partial charge is 0.319 e. The van der Waals surface area contributed by atoms with Crippen molar-refractivity contribution in [3.8, 4) is 0 Å². The molecule has 0 bridgehead atoms. The predicted molar refractivity (Wildman–Crippen MR) is 76.4 cm³/mol. The van der Waals surface area contributed by atoms with E-state index in [-0.39, 0.29) is 10.7 Å². The first-order valence-electron chi connectivity index (χ1n) is 6.06. The molecule has 2 aromatic rings. The molecule has 0 aliphatic rings. The van der Waals surface area contributed by atoms with Crippen molar-refractivity contribution in [3.63, 3.8) is 0 Å². The Morgan fingerprint density at radius 3 is 2.90 bits per heavy atom. The van der Waals surface area contributed by atoms with E-state index in [4.69, 9.17) is 11.6 Å². The summed E-state index contributed by atoms with van der Waals surface area (Å²) in [6, 6.07) is 1.25. The summed E-state index contributed by atoms with van der Waals surface area (Å²) < 4.78 is 1.56. The van der Waals surface area contributed by atoms with Crippen LogP contribution in [0.2, 0.25) is 5.15 Å². The molecule has 2 heterocycles. The van der Waals surface area contributed by atoms with Gasteiger partial charge in [0.05, 0.1) is 16.3 Å². The minimum Gasteiger partial charge on any atom is -0.319 e. The van der Waals surface area contributed by atoms with Crippen molar-refractivity contribution in [2.24, 2.45) is 7.05 Å². The molecule has 0 atom stereocenters. The summed E-state index contributed by atoms with van der Waals surface area (Å²) in [7, 11) is 1.72. The highest BCUT2D eigenvalue weighted by Crippen LogP contribution is 2.27. The number of nitrogens with one attached hydrogen (secondary N) is 1. The van der Waals surface area contributed by atoms with Crippen molar-refractivity contribution < 1.29 is 9.72 Å². The Morgan fingerprint density at radius 2 is 2.29 bits per heavy atom. The quantitative estimate of drug-likeness (QED) is 0.529. The Kier molecular flexibility index (Phi) is 4.18. The summed E-state index contributed by atoms with van der Waals surface area (Å²) in [6.45, 7) is 1.89. The summed E-state index contributed by atoms with van der Waals surface area (Å²) in [5, 5.41) is 17.5. The highest BCUT2D eigenvalue weighted by molar-refractivity contribution is 6.32. The Bertz CT molecular complexity index is 713. The van der Waals surface area contributed by atoms with Crippen LogP contribution in [0, 0.1) is 10.1 Å². The number of anilines is 1. The number of carbonyl (C=O) groups excluding carboxylic acids is 1. The van der Waals surface area contributed by atoms with Crippen LogP contribution in [0.25, 0.3) is 0 Å². The zero-order valence-electron chi connectivity index (χ0n) is 11.3. The monoisotopic (exact) mass is 309 g/mol. The first kappa shape index (κ1) is 14.9. The Labute approximate surface area is 124 Å². The third-order valence-electron chi connectivity index (χ3n) is 2.80. The van der Waals surface area contributed by atoms with Gasteiger partial charge < -0.3 is 5.32 Å². The molecule has 0 aliphatic carbocycles. The lowest BCUT2D eigenvalue weighted by atomic mass is 10.2. The molecule has 1 amide bonds. The molecule has 21 heavy (non-hydrogen) atoms.